The minimum Gasteiger partial charge on any atom is -0.379 e. The highest BCUT2D eigenvalue weighted by molar-refractivity contribution is 7.87. The van der Waals surface area contributed by atoms with Gasteiger partial charge in [-0.25, -0.2) is 4.72 Å². The first-order valence-electron chi connectivity index (χ1n) is 6.55. The third-order valence-corrected chi connectivity index (χ3v) is 5.23. The lowest BCUT2D eigenvalue weighted by Crippen LogP contribution is -2.51. The van der Waals surface area contributed by atoms with Crippen molar-refractivity contribution in [2.24, 2.45) is 5.41 Å². The van der Waals surface area contributed by atoms with Crippen LogP contribution in [0.1, 0.15) is 19.8 Å². The van der Waals surface area contributed by atoms with Gasteiger partial charge < -0.3 is 10.1 Å². The second-order valence-electron chi connectivity index (χ2n) is 5.43. The third kappa shape index (κ3) is 3.64. The smallest absolute Gasteiger partial charge is 0.279 e. The van der Waals surface area contributed by atoms with Crippen molar-refractivity contribution in [3.05, 3.63) is 0 Å². The first-order chi connectivity index (χ1) is 8.52. The van der Waals surface area contributed by atoms with E-state index in [-0.39, 0.29) is 5.41 Å². The van der Waals surface area contributed by atoms with Gasteiger partial charge in [0.05, 0.1) is 13.2 Å². The molecule has 0 saturated carbocycles. The van der Waals surface area contributed by atoms with Gasteiger partial charge in [-0.3, -0.25) is 0 Å². The number of nitrogens with zero attached hydrogens (tertiary/aromatic N) is 1. The van der Waals surface area contributed by atoms with Crippen LogP contribution in [-0.2, 0) is 14.9 Å². The Labute approximate surface area is 109 Å². The fourth-order valence-corrected chi connectivity index (χ4v) is 3.76. The van der Waals surface area contributed by atoms with Crippen LogP contribution < -0.4 is 10.0 Å². The van der Waals surface area contributed by atoms with Crippen molar-refractivity contribution in [2.75, 3.05) is 45.9 Å². The van der Waals surface area contributed by atoms with Crippen molar-refractivity contribution < 1.29 is 13.2 Å². The normalized spacial score (nSPS) is 31.4. The maximum absolute atomic E-state index is 12.1. The lowest BCUT2D eigenvalue weighted by Gasteiger charge is -2.35. The Hall–Kier alpha value is -0.210. The lowest BCUT2D eigenvalue weighted by molar-refractivity contribution is 0.0722. The molecule has 0 spiro atoms. The largest absolute Gasteiger partial charge is 0.379 e. The van der Waals surface area contributed by atoms with Crippen LogP contribution in [0.2, 0.25) is 0 Å². The molecule has 7 heteroatoms. The molecular weight excluding hydrogens is 254 g/mol. The van der Waals surface area contributed by atoms with Gasteiger partial charge in [0.25, 0.3) is 10.2 Å². The van der Waals surface area contributed by atoms with Gasteiger partial charge in [-0.05, 0) is 24.8 Å². The van der Waals surface area contributed by atoms with Gasteiger partial charge in [0.2, 0.25) is 0 Å². The second-order valence-corrected chi connectivity index (χ2v) is 7.18. The molecule has 2 heterocycles. The summed E-state index contributed by atoms with van der Waals surface area (Å²) in [7, 11) is -3.35. The zero-order valence-electron chi connectivity index (χ0n) is 10.9. The molecule has 2 N–H and O–H groups in total. The first-order valence-corrected chi connectivity index (χ1v) is 7.99. The molecule has 18 heavy (non-hydrogen) atoms. The minimum atomic E-state index is -3.35. The molecule has 1 atom stereocenters. The van der Waals surface area contributed by atoms with Crippen LogP contribution in [0.4, 0.5) is 0 Å². The van der Waals surface area contributed by atoms with Gasteiger partial charge in [0, 0.05) is 26.2 Å². The van der Waals surface area contributed by atoms with Crippen molar-refractivity contribution in [3.8, 4) is 0 Å². The molecule has 0 aromatic rings. The summed E-state index contributed by atoms with van der Waals surface area (Å²) in [6, 6.07) is 0. The first kappa shape index (κ1) is 14.2. The van der Waals surface area contributed by atoms with Crippen molar-refractivity contribution in [1.29, 1.82) is 0 Å². The number of hydrogen-bond donors (Lipinski definition) is 2. The average Bonchev–Trinajstić information content (AvgIpc) is 2.39. The van der Waals surface area contributed by atoms with Crippen molar-refractivity contribution in [2.45, 2.75) is 19.8 Å². The fraction of sp³-hybridized carbons (Fsp3) is 1.00. The van der Waals surface area contributed by atoms with Gasteiger partial charge >= 0.3 is 0 Å². The molecule has 0 aliphatic carbocycles. The number of ether oxygens (including phenoxy) is 1. The highest BCUT2D eigenvalue weighted by Gasteiger charge is 2.30. The number of nitrogens with one attached hydrogen (secondary N) is 2. The number of piperidine rings is 1. The Bertz CT molecular complexity index is 360. The summed E-state index contributed by atoms with van der Waals surface area (Å²) in [5.41, 5.74) is 0.0254. The third-order valence-electron chi connectivity index (χ3n) is 3.68. The molecule has 2 aliphatic rings. The SMILES string of the molecule is CC1(CNS(=O)(=O)N2CCOCC2)CCCNC1. The Morgan fingerprint density at radius 3 is 2.72 bits per heavy atom. The molecule has 2 rings (SSSR count). The monoisotopic (exact) mass is 277 g/mol. The summed E-state index contributed by atoms with van der Waals surface area (Å²) in [5, 5.41) is 3.32. The van der Waals surface area contributed by atoms with Gasteiger partial charge in [0.1, 0.15) is 0 Å². The quantitative estimate of drug-likeness (QED) is 0.730. The second kappa shape index (κ2) is 5.83. The molecule has 1 unspecified atom stereocenters. The predicted octanol–water partition coefficient (Wildman–Crippen LogP) is -0.457. The molecule has 0 aromatic carbocycles. The van der Waals surface area contributed by atoms with Crippen LogP contribution in [0.25, 0.3) is 0 Å². The van der Waals surface area contributed by atoms with E-state index in [1.165, 1.54) is 4.31 Å². The molecule has 2 aliphatic heterocycles. The summed E-state index contributed by atoms with van der Waals surface area (Å²) in [5.74, 6) is 0. The van der Waals surface area contributed by atoms with E-state index in [0.717, 1.165) is 25.9 Å². The summed E-state index contributed by atoms with van der Waals surface area (Å²) >= 11 is 0. The Balaban J connectivity index is 1.87. The molecule has 106 valence electrons. The van der Waals surface area contributed by atoms with E-state index in [4.69, 9.17) is 4.74 Å². The molecule has 0 amide bonds. The van der Waals surface area contributed by atoms with Crippen molar-refractivity contribution in [1.82, 2.24) is 14.3 Å². The predicted molar refractivity (Wildman–Crippen MR) is 69.5 cm³/mol. The van der Waals surface area contributed by atoms with Crippen molar-refractivity contribution in [3.63, 3.8) is 0 Å². The summed E-state index contributed by atoms with van der Waals surface area (Å²) < 4.78 is 33.6. The molecule has 0 bridgehead atoms. The van der Waals surface area contributed by atoms with E-state index < -0.39 is 10.2 Å². The average molecular weight is 277 g/mol. The van der Waals surface area contributed by atoms with Crippen LogP contribution >= 0.6 is 0 Å². The maximum Gasteiger partial charge on any atom is 0.279 e. The highest BCUT2D eigenvalue weighted by Crippen LogP contribution is 2.24. The highest BCUT2D eigenvalue weighted by atomic mass is 32.2. The Morgan fingerprint density at radius 2 is 2.11 bits per heavy atom. The van der Waals surface area contributed by atoms with Crippen LogP contribution in [0.3, 0.4) is 0 Å². The molecular formula is C11H23N3O3S. The number of rotatable bonds is 4. The van der Waals surface area contributed by atoms with Gasteiger partial charge in [-0.15, -0.1) is 0 Å². The summed E-state index contributed by atoms with van der Waals surface area (Å²) in [6.07, 6.45) is 2.17. The minimum absolute atomic E-state index is 0.0254. The fourth-order valence-electron chi connectivity index (χ4n) is 2.41. The standard InChI is InChI=1S/C11H23N3O3S/c1-11(3-2-4-12-9-11)10-13-18(15,16)14-5-7-17-8-6-14/h12-13H,2-10H2,1H3. The van der Waals surface area contributed by atoms with Crippen LogP contribution in [0.15, 0.2) is 0 Å². The van der Waals surface area contributed by atoms with Crippen molar-refractivity contribution >= 4 is 10.2 Å². The Morgan fingerprint density at radius 1 is 1.39 bits per heavy atom. The topological polar surface area (TPSA) is 70.7 Å². The van der Waals surface area contributed by atoms with Crippen LogP contribution in [0.5, 0.6) is 0 Å². The number of morpholine rings is 1. The molecule has 0 radical (unpaired) electrons. The summed E-state index contributed by atoms with van der Waals surface area (Å²) in [4.78, 5) is 0. The molecule has 6 nitrogen and oxygen atoms in total. The zero-order valence-corrected chi connectivity index (χ0v) is 11.8. The Kier molecular flexibility index (Phi) is 4.60. The molecule has 0 aromatic heterocycles. The maximum atomic E-state index is 12.1. The van der Waals surface area contributed by atoms with E-state index >= 15 is 0 Å². The lowest BCUT2D eigenvalue weighted by atomic mass is 9.83. The van der Waals surface area contributed by atoms with E-state index in [2.05, 4.69) is 17.0 Å². The number of hydrogen-bond acceptors (Lipinski definition) is 4. The van der Waals surface area contributed by atoms with E-state index in [9.17, 15) is 8.42 Å². The van der Waals surface area contributed by atoms with Gasteiger partial charge in [-0.2, -0.15) is 12.7 Å². The van der Waals surface area contributed by atoms with Crippen LogP contribution in [0, 0.1) is 5.41 Å². The van der Waals surface area contributed by atoms with E-state index in [1.54, 1.807) is 0 Å². The molecule has 2 fully saturated rings. The van der Waals surface area contributed by atoms with Gasteiger partial charge in [0.15, 0.2) is 0 Å². The molecule has 2 saturated heterocycles. The van der Waals surface area contributed by atoms with Crippen LogP contribution in [-0.4, -0.2) is 58.7 Å². The van der Waals surface area contributed by atoms with E-state index in [0.29, 0.717) is 32.8 Å². The van der Waals surface area contributed by atoms with Gasteiger partial charge in [-0.1, -0.05) is 6.92 Å². The van der Waals surface area contributed by atoms with E-state index in [1.807, 2.05) is 0 Å². The zero-order chi connectivity index (χ0) is 13.1. The summed E-state index contributed by atoms with van der Waals surface area (Å²) in [6.45, 7) is 6.40.